The van der Waals surface area contributed by atoms with E-state index in [0.29, 0.717) is 23.7 Å². The molecule has 0 saturated heterocycles. The molecule has 0 fully saturated rings. The lowest BCUT2D eigenvalue weighted by Gasteiger charge is -2.12. The summed E-state index contributed by atoms with van der Waals surface area (Å²) in [6, 6.07) is 16.7. The van der Waals surface area contributed by atoms with Gasteiger partial charge < -0.3 is 9.47 Å². The summed E-state index contributed by atoms with van der Waals surface area (Å²) in [5.41, 5.74) is 2.05. The second kappa shape index (κ2) is 9.48. The van der Waals surface area contributed by atoms with Gasteiger partial charge in [0.25, 0.3) is 0 Å². The van der Waals surface area contributed by atoms with Gasteiger partial charge in [0.2, 0.25) is 0 Å². The fourth-order valence-corrected chi connectivity index (χ4v) is 2.53. The van der Waals surface area contributed by atoms with Crippen molar-refractivity contribution in [3.63, 3.8) is 0 Å². The van der Waals surface area contributed by atoms with Crippen molar-refractivity contribution in [2.75, 3.05) is 6.61 Å². The molecule has 2 aromatic carbocycles. The van der Waals surface area contributed by atoms with Crippen LogP contribution in [0.15, 0.2) is 67.0 Å². The first kappa shape index (κ1) is 18.6. The van der Waals surface area contributed by atoms with Crippen LogP contribution in [0.4, 0.5) is 0 Å². The van der Waals surface area contributed by atoms with Crippen molar-refractivity contribution in [3.05, 3.63) is 78.1 Å². The summed E-state index contributed by atoms with van der Waals surface area (Å²) in [5.74, 6) is 0.638. The minimum atomic E-state index is -0.428. The zero-order valence-electron chi connectivity index (χ0n) is 15.3. The van der Waals surface area contributed by atoms with E-state index >= 15 is 0 Å². The second-order valence-electron chi connectivity index (χ2n) is 6.05. The molecule has 0 N–H and O–H groups in total. The van der Waals surface area contributed by atoms with Crippen LogP contribution in [0.3, 0.4) is 0 Å². The van der Waals surface area contributed by atoms with Gasteiger partial charge in [-0.2, -0.15) is 0 Å². The lowest BCUT2D eigenvalue weighted by atomic mass is 10.1. The number of unbranched alkanes of at least 4 members (excludes halogenated alkanes) is 1. The van der Waals surface area contributed by atoms with Crippen LogP contribution in [0.5, 0.6) is 5.75 Å². The quantitative estimate of drug-likeness (QED) is 0.430. The topological polar surface area (TPSA) is 61.3 Å². The third-order valence-electron chi connectivity index (χ3n) is 3.99. The molecule has 0 amide bonds. The van der Waals surface area contributed by atoms with E-state index in [2.05, 4.69) is 16.9 Å². The van der Waals surface area contributed by atoms with Crippen LogP contribution in [0, 0.1) is 0 Å². The number of ether oxygens (including phenoxy) is 2. The minimum Gasteiger partial charge on any atom is -0.493 e. The smallest absolute Gasteiger partial charge is 0.342 e. The molecule has 0 radical (unpaired) electrons. The van der Waals surface area contributed by atoms with Crippen LogP contribution < -0.4 is 4.74 Å². The molecule has 27 heavy (non-hydrogen) atoms. The van der Waals surface area contributed by atoms with Crippen molar-refractivity contribution in [1.29, 1.82) is 0 Å². The zero-order valence-corrected chi connectivity index (χ0v) is 15.3. The van der Waals surface area contributed by atoms with E-state index in [1.54, 1.807) is 30.6 Å². The van der Waals surface area contributed by atoms with E-state index < -0.39 is 5.97 Å². The normalized spacial score (nSPS) is 10.4. The number of aromatic nitrogens is 2. The summed E-state index contributed by atoms with van der Waals surface area (Å²) >= 11 is 0. The fraction of sp³-hybridized carbons (Fsp3) is 0.227. The maximum absolute atomic E-state index is 12.7. The highest BCUT2D eigenvalue weighted by Crippen LogP contribution is 2.26. The third-order valence-corrected chi connectivity index (χ3v) is 3.99. The van der Waals surface area contributed by atoms with Crippen molar-refractivity contribution in [1.82, 2.24) is 9.97 Å². The Morgan fingerprint density at radius 3 is 2.52 bits per heavy atom. The van der Waals surface area contributed by atoms with Crippen LogP contribution in [0.2, 0.25) is 0 Å². The van der Waals surface area contributed by atoms with Gasteiger partial charge >= 0.3 is 5.97 Å². The summed E-state index contributed by atoms with van der Waals surface area (Å²) in [5, 5.41) is 0. The van der Waals surface area contributed by atoms with Crippen LogP contribution in [0.1, 0.15) is 35.7 Å². The van der Waals surface area contributed by atoms with Crippen molar-refractivity contribution in [2.45, 2.75) is 26.4 Å². The molecule has 0 unspecified atom stereocenters. The molecule has 1 aromatic heterocycles. The van der Waals surface area contributed by atoms with E-state index in [0.717, 1.165) is 24.0 Å². The first-order valence-corrected chi connectivity index (χ1v) is 9.03. The molecular formula is C22H22N2O3. The highest BCUT2D eigenvalue weighted by Gasteiger charge is 2.17. The van der Waals surface area contributed by atoms with Gasteiger partial charge in [-0.15, -0.1) is 0 Å². The van der Waals surface area contributed by atoms with E-state index in [-0.39, 0.29) is 6.61 Å². The summed E-state index contributed by atoms with van der Waals surface area (Å²) in [4.78, 5) is 21.2. The maximum Gasteiger partial charge on any atom is 0.342 e. The first-order chi connectivity index (χ1) is 13.3. The van der Waals surface area contributed by atoms with Crippen LogP contribution in [0.25, 0.3) is 11.4 Å². The Balaban J connectivity index is 1.83. The lowest BCUT2D eigenvalue weighted by Crippen LogP contribution is -2.09. The molecular weight excluding hydrogens is 340 g/mol. The number of benzene rings is 2. The molecule has 0 saturated carbocycles. The zero-order chi connectivity index (χ0) is 18.9. The number of esters is 1. The van der Waals surface area contributed by atoms with E-state index in [9.17, 15) is 4.79 Å². The predicted octanol–water partition coefficient (Wildman–Crippen LogP) is 4.68. The van der Waals surface area contributed by atoms with Crippen molar-refractivity contribution in [3.8, 4) is 17.1 Å². The molecule has 1 heterocycles. The van der Waals surface area contributed by atoms with Crippen molar-refractivity contribution in [2.24, 2.45) is 0 Å². The Bertz CT molecular complexity index is 867. The SMILES string of the molecule is CCCCOc1ccc(-c2ncccn2)cc1C(=O)OCc1ccccc1. The molecule has 0 aliphatic heterocycles. The van der Waals surface area contributed by atoms with Crippen LogP contribution in [-0.2, 0) is 11.3 Å². The number of nitrogens with zero attached hydrogens (tertiary/aromatic N) is 2. The van der Waals surface area contributed by atoms with Gasteiger partial charge in [-0.3, -0.25) is 0 Å². The summed E-state index contributed by atoms with van der Waals surface area (Å²) in [7, 11) is 0. The standard InChI is InChI=1S/C22H22N2O3/c1-2-3-14-26-20-11-10-18(21-23-12-7-13-24-21)15-19(20)22(25)27-16-17-8-5-4-6-9-17/h4-13,15H,2-3,14,16H2,1H3. The Morgan fingerprint density at radius 1 is 1.00 bits per heavy atom. The molecule has 5 heteroatoms. The molecule has 3 aromatic rings. The lowest BCUT2D eigenvalue weighted by molar-refractivity contribution is 0.0468. The van der Waals surface area contributed by atoms with Gasteiger partial charge in [-0.1, -0.05) is 43.7 Å². The molecule has 0 aliphatic carbocycles. The Labute approximate surface area is 159 Å². The Morgan fingerprint density at radius 2 is 1.78 bits per heavy atom. The van der Waals surface area contributed by atoms with Crippen LogP contribution in [-0.4, -0.2) is 22.5 Å². The highest BCUT2D eigenvalue weighted by molar-refractivity contribution is 5.94. The largest absolute Gasteiger partial charge is 0.493 e. The summed E-state index contributed by atoms with van der Waals surface area (Å²) in [6.07, 6.45) is 5.27. The number of rotatable bonds is 8. The Kier molecular flexibility index (Phi) is 6.52. The van der Waals surface area contributed by atoms with Gasteiger partial charge in [0, 0.05) is 18.0 Å². The molecule has 5 nitrogen and oxygen atoms in total. The maximum atomic E-state index is 12.7. The van der Waals surface area contributed by atoms with Gasteiger partial charge in [0.05, 0.1) is 6.61 Å². The summed E-state index contributed by atoms with van der Waals surface area (Å²) < 4.78 is 11.3. The molecule has 3 rings (SSSR count). The number of carbonyl (C=O) groups is 1. The molecule has 0 spiro atoms. The second-order valence-corrected chi connectivity index (χ2v) is 6.05. The molecule has 138 valence electrons. The number of hydrogen-bond donors (Lipinski definition) is 0. The summed E-state index contributed by atoms with van der Waals surface area (Å²) in [6.45, 7) is 2.85. The highest BCUT2D eigenvalue weighted by atomic mass is 16.5. The van der Waals surface area contributed by atoms with Gasteiger partial charge in [-0.05, 0) is 36.2 Å². The van der Waals surface area contributed by atoms with E-state index in [1.807, 2.05) is 36.4 Å². The van der Waals surface area contributed by atoms with Gasteiger partial charge in [0.15, 0.2) is 5.82 Å². The fourth-order valence-electron chi connectivity index (χ4n) is 2.53. The van der Waals surface area contributed by atoms with E-state index in [4.69, 9.17) is 9.47 Å². The van der Waals surface area contributed by atoms with Crippen molar-refractivity contribution < 1.29 is 14.3 Å². The van der Waals surface area contributed by atoms with Gasteiger partial charge in [0.1, 0.15) is 17.9 Å². The molecule has 0 bridgehead atoms. The third kappa shape index (κ3) is 5.14. The molecule has 0 atom stereocenters. The monoisotopic (exact) mass is 362 g/mol. The van der Waals surface area contributed by atoms with E-state index in [1.165, 1.54) is 0 Å². The average molecular weight is 362 g/mol. The number of carbonyl (C=O) groups excluding carboxylic acids is 1. The van der Waals surface area contributed by atoms with Gasteiger partial charge in [-0.25, -0.2) is 14.8 Å². The first-order valence-electron chi connectivity index (χ1n) is 9.03. The molecule has 0 aliphatic rings. The Hall–Kier alpha value is -3.21. The average Bonchev–Trinajstić information content (AvgIpc) is 2.74. The number of hydrogen-bond acceptors (Lipinski definition) is 5. The van der Waals surface area contributed by atoms with Crippen molar-refractivity contribution >= 4 is 5.97 Å². The minimum absolute atomic E-state index is 0.208. The van der Waals surface area contributed by atoms with Crippen LogP contribution >= 0.6 is 0 Å². The predicted molar refractivity (Wildman–Crippen MR) is 103 cm³/mol.